The Bertz CT molecular complexity index is 1070. The lowest BCUT2D eigenvalue weighted by molar-refractivity contribution is -0.176. The highest BCUT2D eigenvalue weighted by molar-refractivity contribution is 7.89. The summed E-state index contributed by atoms with van der Waals surface area (Å²) in [7, 11) is -3.76. The maximum Gasteiger partial charge on any atom is 0.411 e. The SMILES string of the molecule is CCN(CC)S(=O)(=O)c1cccc(C(=O)NNC(=O)c2ccc(COCC(F)(F)F)cc2)c1. The molecule has 12 heteroatoms. The maximum absolute atomic E-state index is 12.6. The van der Waals surface area contributed by atoms with Gasteiger partial charge in [0.1, 0.15) is 6.61 Å². The number of benzene rings is 2. The molecule has 0 fully saturated rings. The Balaban J connectivity index is 1.97. The van der Waals surface area contributed by atoms with E-state index in [4.69, 9.17) is 0 Å². The Kier molecular flexibility index (Phi) is 8.97. The van der Waals surface area contributed by atoms with E-state index in [9.17, 15) is 31.2 Å². The van der Waals surface area contributed by atoms with Gasteiger partial charge < -0.3 is 4.74 Å². The molecule has 8 nitrogen and oxygen atoms in total. The minimum absolute atomic E-state index is 0.0284. The van der Waals surface area contributed by atoms with Gasteiger partial charge in [0, 0.05) is 24.2 Å². The van der Waals surface area contributed by atoms with E-state index in [1.54, 1.807) is 13.8 Å². The van der Waals surface area contributed by atoms with E-state index in [1.807, 2.05) is 0 Å². The molecule has 0 saturated heterocycles. The summed E-state index contributed by atoms with van der Waals surface area (Å²) in [5.74, 6) is -1.39. The predicted molar refractivity (Wildman–Crippen MR) is 114 cm³/mol. The zero-order valence-electron chi connectivity index (χ0n) is 18.0. The Labute approximate surface area is 189 Å². The molecule has 0 aromatic heterocycles. The lowest BCUT2D eigenvalue weighted by atomic mass is 10.1. The lowest BCUT2D eigenvalue weighted by Crippen LogP contribution is -2.41. The second-order valence-corrected chi connectivity index (χ2v) is 8.77. The van der Waals surface area contributed by atoms with Crippen molar-refractivity contribution in [3.05, 3.63) is 65.2 Å². The van der Waals surface area contributed by atoms with Crippen molar-refractivity contribution in [3.8, 4) is 0 Å². The predicted octanol–water partition coefficient (Wildman–Crippen LogP) is 2.87. The molecule has 0 saturated carbocycles. The van der Waals surface area contributed by atoms with Crippen molar-refractivity contribution in [2.45, 2.75) is 31.5 Å². The lowest BCUT2D eigenvalue weighted by Gasteiger charge is -2.18. The highest BCUT2D eigenvalue weighted by atomic mass is 32.2. The van der Waals surface area contributed by atoms with Crippen molar-refractivity contribution >= 4 is 21.8 Å². The fourth-order valence-corrected chi connectivity index (χ4v) is 4.31. The summed E-state index contributed by atoms with van der Waals surface area (Å²) < 4.78 is 67.4. The third-order valence-corrected chi connectivity index (χ3v) is 6.53. The molecule has 33 heavy (non-hydrogen) atoms. The van der Waals surface area contributed by atoms with Crippen molar-refractivity contribution in [1.29, 1.82) is 0 Å². The number of carbonyl (C=O) groups is 2. The van der Waals surface area contributed by atoms with Crippen LogP contribution in [0.4, 0.5) is 13.2 Å². The number of alkyl halides is 3. The normalized spacial score (nSPS) is 11.9. The summed E-state index contributed by atoms with van der Waals surface area (Å²) in [6.07, 6.45) is -4.42. The number of nitrogens with zero attached hydrogens (tertiary/aromatic N) is 1. The molecule has 0 aliphatic heterocycles. The first-order chi connectivity index (χ1) is 15.5. The van der Waals surface area contributed by atoms with Gasteiger partial charge in [-0.3, -0.25) is 20.4 Å². The molecule has 0 unspecified atom stereocenters. The molecule has 2 aromatic rings. The summed E-state index contributed by atoms with van der Waals surface area (Å²) in [4.78, 5) is 24.6. The fraction of sp³-hybridized carbons (Fsp3) is 0.333. The number of hydrogen-bond donors (Lipinski definition) is 2. The average Bonchev–Trinajstić information content (AvgIpc) is 2.77. The Morgan fingerprint density at radius 1 is 0.939 bits per heavy atom. The van der Waals surface area contributed by atoms with E-state index in [2.05, 4.69) is 15.6 Å². The monoisotopic (exact) mass is 487 g/mol. The van der Waals surface area contributed by atoms with Crippen molar-refractivity contribution < 1.29 is 35.9 Å². The van der Waals surface area contributed by atoms with Crippen molar-refractivity contribution in [3.63, 3.8) is 0 Å². The third-order valence-electron chi connectivity index (χ3n) is 4.48. The molecule has 0 aliphatic carbocycles. The quantitative estimate of drug-likeness (QED) is 0.530. The van der Waals surface area contributed by atoms with E-state index in [0.29, 0.717) is 5.56 Å². The first-order valence-electron chi connectivity index (χ1n) is 9.92. The van der Waals surface area contributed by atoms with Gasteiger partial charge in [-0.05, 0) is 35.9 Å². The van der Waals surface area contributed by atoms with E-state index < -0.39 is 34.6 Å². The van der Waals surface area contributed by atoms with Gasteiger partial charge >= 0.3 is 6.18 Å². The number of hydrazine groups is 1. The summed E-state index contributed by atoms with van der Waals surface area (Å²) in [5.41, 5.74) is 5.02. The smallest absolute Gasteiger partial charge is 0.367 e. The van der Waals surface area contributed by atoms with Gasteiger partial charge in [-0.25, -0.2) is 8.42 Å². The topological polar surface area (TPSA) is 105 Å². The van der Waals surface area contributed by atoms with Crippen LogP contribution < -0.4 is 10.9 Å². The molecule has 0 radical (unpaired) electrons. The minimum Gasteiger partial charge on any atom is -0.367 e. The maximum atomic E-state index is 12.6. The van der Waals surface area contributed by atoms with Crippen LogP contribution in [0.3, 0.4) is 0 Å². The summed E-state index contributed by atoms with van der Waals surface area (Å²) in [6.45, 7) is 2.31. The number of nitrogens with one attached hydrogen (secondary N) is 2. The van der Waals surface area contributed by atoms with Gasteiger partial charge in [-0.2, -0.15) is 17.5 Å². The van der Waals surface area contributed by atoms with Crippen molar-refractivity contribution in [2.75, 3.05) is 19.7 Å². The van der Waals surface area contributed by atoms with Crippen LogP contribution in [-0.2, 0) is 21.4 Å². The average molecular weight is 488 g/mol. The van der Waals surface area contributed by atoms with Crippen LogP contribution in [0.25, 0.3) is 0 Å². The zero-order chi connectivity index (χ0) is 24.6. The minimum atomic E-state index is -4.42. The van der Waals surface area contributed by atoms with Gasteiger partial charge in [0.2, 0.25) is 10.0 Å². The van der Waals surface area contributed by atoms with Gasteiger partial charge in [-0.15, -0.1) is 0 Å². The first-order valence-corrected chi connectivity index (χ1v) is 11.4. The van der Waals surface area contributed by atoms with Gasteiger partial charge in [0.15, 0.2) is 0 Å². The number of rotatable bonds is 9. The van der Waals surface area contributed by atoms with Crippen LogP contribution in [0.1, 0.15) is 40.1 Å². The molecule has 2 N–H and O–H groups in total. The standard InChI is InChI=1S/C21H24F3N3O5S/c1-3-27(4-2)33(30,31)18-7-5-6-17(12-18)20(29)26-25-19(28)16-10-8-15(9-11-16)13-32-14-21(22,23)24/h5-12H,3-4,13-14H2,1-2H3,(H,25,28)(H,26,29). The number of ether oxygens (including phenoxy) is 1. The van der Waals surface area contributed by atoms with Crippen LogP contribution in [0, 0.1) is 0 Å². The van der Waals surface area contributed by atoms with Crippen LogP contribution in [0.15, 0.2) is 53.4 Å². The molecule has 0 heterocycles. The summed E-state index contributed by atoms with van der Waals surface area (Å²) >= 11 is 0. The van der Waals surface area contributed by atoms with Crippen LogP contribution >= 0.6 is 0 Å². The molecule has 2 aromatic carbocycles. The van der Waals surface area contributed by atoms with Crippen molar-refractivity contribution in [1.82, 2.24) is 15.2 Å². The third kappa shape index (κ3) is 7.55. The Morgan fingerprint density at radius 2 is 1.52 bits per heavy atom. The zero-order valence-corrected chi connectivity index (χ0v) is 18.8. The molecule has 2 amide bonds. The molecule has 0 atom stereocenters. The second-order valence-electron chi connectivity index (χ2n) is 6.83. The molecule has 0 aliphatic rings. The molecule has 0 spiro atoms. The second kappa shape index (κ2) is 11.3. The van der Waals surface area contributed by atoms with E-state index in [1.165, 1.54) is 52.8 Å². The number of halogens is 3. The van der Waals surface area contributed by atoms with Crippen molar-refractivity contribution in [2.24, 2.45) is 0 Å². The van der Waals surface area contributed by atoms with Gasteiger partial charge in [0.25, 0.3) is 11.8 Å². The van der Waals surface area contributed by atoms with E-state index in [-0.39, 0.29) is 35.7 Å². The summed E-state index contributed by atoms with van der Waals surface area (Å²) in [5, 5.41) is 0. The largest absolute Gasteiger partial charge is 0.411 e. The first kappa shape index (κ1) is 26.3. The van der Waals surface area contributed by atoms with Gasteiger partial charge in [-0.1, -0.05) is 32.0 Å². The molecule has 0 bridgehead atoms. The highest BCUT2D eigenvalue weighted by Crippen LogP contribution is 2.17. The molecule has 2 rings (SSSR count). The highest BCUT2D eigenvalue weighted by Gasteiger charge is 2.27. The van der Waals surface area contributed by atoms with Crippen LogP contribution in [0.5, 0.6) is 0 Å². The summed E-state index contributed by atoms with van der Waals surface area (Å²) in [6, 6.07) is 11.0. The Hall–Kier alpha value is -2.96. The molecular formula is C21H24F3N3O5S. The number of hydrogen-bond acceptors (Lipinski definition) is 5. The van der Waals surface area contributed by atoms with Gasteiger partial charge in [0.05, 0.1) is 11.5 Å². The fourth-order valence-electron chi connectivity index (χ4n) is 2.81. The number of carbonyl (C=O) groups excluding carboxylic acids is 2. The number of amides is 2. The van der Waals surface area contributed by atoms with Crippen LogP contribution in [0.2, 0.25) is 0 Å². The van der Waals surface area contributed by atoms with Crippen LogP contribution in [-0.4, -0.2) is 50.4 Å². The number of sulfonamides is 1. The molecular weight excluding hydrogens is 463 g/mol. The van der Waals surface area contributed by atoms with E-state index >= 15 is 0 Å². The Morgan fingerprint density at radius 3 is 2.06 bits per heavy atom. The van der Waals surface area contributed by atoms with E-state index in [0.717, 1.165) is 0 Å². The molecule has 180 valence electrons.